The molecule has 0 N–H and O–H groups in total. The molecule has 22 heavy (non-hydrogen) atoms. The number of carbonyl (C=O) groups is 2. The molecule has 2 bridgehead atoms. The summed E-state index contributed by atoms with van der Waals surface area (Å²) in [7, 11) is 0. The molecule has 3 fully saturated rings. The molecule has 112 valence electrons. The van der Waals surface area contributed by atoms with Crippen molar-refractivity contribution in [3.05, 3.63) is 42.5 Å². The molecule has 1 saturated carbocycles. The van der Waals surface area contributed by atoms with E-state index in [1.807, 2.05) is 0 Å². The van der Waals surface area contributed by atoms with Gasteiger partial charge in [0.15, 0.2) is 0 Å². The Labute approximate surface area is 124 Å². The van der Waals surface area contributed by atoms with Crippen LogP contribution in [0.25, 0.3) is 0 Å². The molecule has 1 aromatic carbocycles. The molecule has 2 aliphatic heterocycles. The summed E-state index contributed by atoms with van der Waals surface area (Å²) < 4.78 is 33.8. The van der Waals surface area contributed by atoms with Gasteiger partial charge in [0, 0.05) is 0 Å². The Morgan fingerprint density at radius 2 is 1.41 bits per heavy atom. The lowest BCUT2D eigenvalue weighted by Gasteiger charge is -2.38. The number of amides is 2. The molecule has 3 aliphatic carbocycles. The minimum atomic E-state index is -2.46. The molecule has 2 amide bonds. The molecule has 6 heteroatoms. The molecule has 6 unspecified atom stereocenters. The number of hydrogen-bond acceptors (Lipinski definition) is 3. The molecular formula is C16H11F2NO3. The van der Waals surface area contributed by atoms with Crippen molar-refractivity contribution >= 4 is 17.5 Å². The van der Waals surface area contributed by atoms with Crippen LogP contribution in [0.5, 0.6) is 0 Å². The molecule has 0 spiro atoms. The minimum Gasteiger partial charge on any atom is -0.298 e. The second-order valence-electron chi connectivity index (χ2n) is 6.23. The maximum absolute atomic E-state index is 14.6. The number of nitrogens with zero attached hydrogens (tertiary/aromatic N) is 1. The number of para-hydroxylation sites is 1. The molecular weight excluding hydrogens is 292 g/mol. The predicted octanol–water partition coefficient (Wildman–Crippen LogP) is 1.97. The molecule has 1 aromatic rings. The van der Waals surface area contributed by atoms with E-state index in [9.17, 15) is 18.4 Å². The predicted molar refractivity (Wildman–Crippen MR) is 70.8 cm³/mol. The lowest BCUT2D eigenvalue weighted by molar-refractivity contribution is -0.130. The van der Waals surface area contributed by atoms with Crippen LogP contribution in [0.3, 0.4) is 0 Å². The fourth-order valence-corrected chi connectivity index (χ4v) is 4.27. The van der Waals surface area contributed by atoms with Crippen LogP contribution in [-0.4, -0.2) is 23.5 Å². The van der Waals surface area contributed by atoms with Crippen molar-refractivity contribution in [2.45, 2.75) is 11.7 Å². The van der Waals surface area contributed by atoms with Gasteiger partial charge in [-0.15, -0.1) is 0 Å². The number of epoxide rings is 1. The topological polar surface area (TPSA) is 49.9 Å². The van der Waals surface area contributed by atoms with E-state index in [0.717, 1.165) is 4.90 Å². The standard InChI is InChI=1S/C16H11F2NO3/c17-15-9-6-7-10(16(15,18)22-15)12-11(9)13(20)19(14(12)21)8-4-2-1-3-5-8/h1-7,9-12H. The lowest BCUT2D eigenvalue weighted by atomic mass is 9.61. The van der Waals surface area contributed by atoms with Gasteiger partial charge in [0.2, 0.25) is 11.8 Å². The third kappa shape index (κ3) is 1.11. The summed E-state index contributed by atoms with van der Waals surface area (Å²) in [5.74, 6) is -9.74. The monoisotopic (exact) mass is 303 g/mol. The average Bonchev–Trinajstić information content (AvgIpc) is 3.04. The zero-order chi connectivity index (χ0) is 15.3. The Balaban J connectivity index is 1.63. The van der Waals surface area contributed by atoms with Crippen LogP contribution < -0.4 is 4.90 Å². The van der Waals surface area contributed by atoms with Gasteiger partial charge in [-0.25, -0.2) is 8.78 Å². The number of imide groups is 1. The molecule has 0 radical (unpaired) electrons. The Bertz CT molecular complexity index is 709. The summed E-state index contributed by atoms with van der Waals surface area (Å²) >= 11 is 0. The first kappa shape index (κ1) is 12.5. The second-order valence-corrected chi connectivity index (χ2v) is 6.23. The molecule has 4 nitrogen and oxygen atoms in total. The summed E-state index contributed by atoms with van der Waals surface area (Å²) in [6.07, 6.45) is 2.96. The fraction of sp³-hybridized carbons (Fsp3) is 0.375. The van der Waals surface area contributed by atoms with Crippen molar-refractivity contribution in [1.82, 2.24) is 0 Å². The quantitative estimate of drug-likeness (QED) is 0.453. The van der Waals surface area contributed by atoms with E-state index in [0.29, 0.717) is 5.69 Å². The fourth-order valence-electron chi connectivity index (χ4n) is 4.27. The van der Waals surface area contributed by atoms with E-state index in [2.05, 4.69) is 0 Å². The summed E-state index contributed by atoms with van der Waals surface area (Å²) in [5, 5.41) is 0. The number of ether oxygens (including phenoxy) is 1. The molecule has 5 aliphatic rings. The first-order chi connectivity index (χ1) is 10.5. The van der Waals surface area contributed by atoms with Crippen LogP contribution in [0.2, 0.25) is 0 Å². The van der Waals surface area contributed by atoms with Crippen molar-refractivity contribution in [3.8, 4) is 0 Å². The van der Waals surface area contributed by atoms with Crippen molar-refractivity contribution in [3.63, 3.8) is 0 Å². The SMILES string of the molecule is O=C1C2C(C(=O)N1c1ccccc1)C1C=CC2C2(F)OC12F. The van der Waals surface area contributed by atoms with Gasteiger partial charge < -0.3 is 0 Å². The highest BCUT2D eigenvalue weighted by molar-refractivity contribution is 6.22. The van der Waals surface area contributed by atoms with Gasteiger partial charge in [-0.1, -0.05) is 30.4 Å². The van der Waals surface area contributed by atoms with E-state index < -0.39 is 47.2 Å². The summed E-state index contributed by atoms with van der Waals surface area (Å²) in [4.78, 5) is 26.4. The highest BCUT2D eigenvalue weighted by atomic mass is 19.2. The first-order valence-corrected chi connectivity index (χ1v) is 7.18. The van der Waals surface area contributed by atoms with E-state index in [-0.39, 0.29) is 0 Å². The molecule has 0 aromatic heterocycles. The molecule has 2 saturated heterocycles. The van der Waals surface area contributed by atoms with Crippen LogP contribution in [0.1, 0.15) is 0 Å². The highest BCUT2D eigenvalue weighted by Gasteiger charge is 2.88. The van der Waals surface area contributed by atoms with Gasteiger partial charge in [-0.3, -0.25) is 19.2 Å². The van der Waals surface area contributed by atoms with Crippen molar-refractivity contribution in [2.24, 2.45) is 23.7 Å². The number of halogens is 2. The van der Waals surface area contributed by atoms with Gasteiger partial charge in [0.05, 0.1) is 29.4 Å². The Kier molecular flexibility index (Phi) is 1.96. The first-order valence-electron chi connectivity index (χ1n) is 7.18. The van der Waals surface area contributed by atoms with Gasteiger partial charge in [-0.2, -0.15) is 0 Å². The number of alkyl halides is 2. The molecule has 6 atom stereocenters. The lowest BCUT2D eigenvalue weighted by Crippen LogP contribution is -2.51. The maximum atomic E-state index is 14.6. The summed E-state index contributed by atoms with van der Waals surface area (Å²) in [6.45, 7) is 0. The van der Waals surface area contributed by atoms with Crippen LogP contribution >= 0.6 is 0 Å². The summed E-state index contributed by atoms with van der Waals surface area (Å²) in [6, 6.07) is 8.45. The number of hydrogen-bond donors (Lipinski definition) is 0. The minimum absolute atomic E-state index is 0.432. The average molecular weight is 303 g/mol. The highest BCUT2D eigenvalue weighted by Crippen LogP contribution is 2.71. The Hall–Kier alpha value is -2.08. The van der Waals surface area contributed by atoms with Crippen LogP contribution in [0.4, 0.5) is 14.5 Å². The third-order valence-corrected chi connectivity index (χ3v) is 5.29. The number of carbonyl (C=O) groups excluding carboxylic acids is 2. The van der Waals surface area contributed by atoms with Crippen LogP contribution in [0.15, 0.2) is 42.5 Å². The molecule has 6 rings (SSSR count). The van der Waals surface area contributed by atoms with E-state index in [1.165, 1.54) is 12.2 Å². The van der Waals surface area contributed by atoms with E-state index >= 15 is 0 Å². The van der Waals surface area contributed by atoms with Gasteiger partial charge >= 0.3 is 0 Å². The van der Waals surface area contributed by atoms with Gasteiger partial charge in [0.1, 0.15) is 0 Å². The van der Waals surface area contributed by atoms with E-state index in [4.69, 9.17) is 4.74 Å². The number of benzene rings is 1. The van der Waals surface area contributed by atoms with Crippen LogP contribution in [0, 0.1) is 23.7 Å². The largest absolute Gasteiger partial charge is 0.298 e. The van der Waals surface area contributed by atoms with Crippen LogP contribution in [-0.2, 0) is 14.3 Å². The van der Waals surface area contributed by atoms with Crippen molar-refractivity contribution in [1.29, 1.82) is 0 Å². The smallest absolute Gasteiger partial charge is 0.279 e. The second kappa shape index (κ2) is 3.46. The number of rotatable bonds is 1. The van der Waals surface area contributed by atoms with Gasteiger partial charge in [0.25, 0.3) is 11.7 Å². The molecule has 2 heterocycles. The van der Waals surface area contributed by atoms with Crippen molar-refractivity contribution < 1.29 is 23.1 Å². The van der Waals surface area contributed by atoms with Crippen molar-refractivity contribution in [2.75, 3.05) is 4.90 Å². The normalized spacial score (nSPS) is 47.6. The zero-order valence-corrected chi connectivity index (χ0v) is 11.3. The Morgan fingerprint density at radius 3 is 1.91 bits per heavy atom. The van der Waals surface area contributed by atoms with E-state index in [1.54, 1.807) is 30.3 Å². The third-order valence-electron chi connectivity index (χ3n) is 5.29. The van der Waals surface area contributed by atoms with Gasteiger partial charge in [-0.05, 0) is 12.1 Å². The maximum Gasteiger partial charge on any atom is 0.279 e. The zero-order valence-electron chi connectivity index (χ0n) is 11.3. The number of anilines is 1. The summed E-state index contributed by atoms with van der Waals surface area (Å²) in [5.41, 5.74) is 0.432. The Morgan fingerprint density at radius 1 is 0.909 bits per heavy atom.